The van der Waals surface area contributed by atoms with Gasteiger partial charge in [0, 0.05) is 12.0 Å². The van der Waals surface area contributed by atoms with E-state index in [1.165, 1.54) is 37.7 Å². The molecule has 0 unspecified atom stereocenters. The quantitative estimate of drug-likeness (QED) is 0.415. The first-order chi connectivity index (χ1) is 15.6. The summed E-state index contributed by atoms with van der Waals surface area (Å²) < 4.78 is 4.90. The number of benzene rings is 2. The Morgan fingerprint density at radius 1 is 0.812 bits per heavy atom. The Morgan fingerprint density at radius 2 is 1.25 bits per heavy atom. The molecule has 184 valence electrons. The minimum absolute atomic E-state index is 0.213. The number of para-hydroxylation sites is 1. The molecule has 3 heteroatoms. The lowest BCUT2D eigenvalue weighted by Crippen LogP contribution is -2.35. The van der Waals surface area contributed by atoms with Gasteiger partial charge in [0.25, 0.3) is 0 Å². The van der Waals surface area contributed by atoms with Gasteiger partial charge in [0.05, 0.1) is 12.7 Å². The summed E-state index contributed by atoms with van der Waals surface area (Å²) in [5.41, 5.74) is 8.23. The Hall–Kier alpha value is -2.13. The van der Waals surface area contributed by atoms with Crippen LogP contribution in [0.3, 0.4) is 0 Å². The summed E-state index contributed by atoms with van der Waals surface area (Å²) >= 11 is 0. The highest BCUT2D eigenvalue weighted by molar-refractivity contribution is 5.79. The molecule has 0 aliphatic heterocycles. The van der Waals surface area contributed by atoms with Crippen LogP contribution in [0.4, 0.5) is 0 Å². The van der Waals surface area contributed by atoms with Crippen molar-refractivity contribution in [3.05, 3.63) is 65.7 Å². The molecule has 2 rings (SSSR count). The van der Waals surface area contributed by atoms with Crippen molar-refractivity contribution in [2.45, 2.75) is 92.9 Å². The highest BCUT2D eigenvalue weighted by Crippen LogP contribution is 2.33. The van der Waals surface area contributed by atoms with E-state index in [9.17, 15) is 4.79 Å². The largest absolute Gasteiger partial charge is 0.496 e. The molecule has 32 heavy (non-hydrogen) atoms. The topological polar surface area (TPSA) is 52.3 Å². The van der Waals surface area contributed by atoms with Gasteiger partial charge in [-0.2, -0.15) is 0 Å². The summed E-state index contributed by atoms with van der Waals surface area (Å²) in [6.07, 6.45) is 6.82. The van der Waals surface area contributed by atoms with E-state index in [2.05, 4.69) is 58.0 Å². The highest BCUT2D eigenvalue weighted by atomic mass is 16.5. The lowest BCUT2D eigenvalue weighted by Gasteiger charge is -2.33. The molecule has 0 atom stereocenters. The fourth-order valence-corrected chi connectivity index (χ4v) is 3.25. The van der Waals surface area contributed by atoms with Gasteiger partial charge >= 0.3 is 0 Å². The van der Waals surface area contributed by atoms with Crippen LogP contribution in [0.2, 0.25) is 0 Å². The number of aldehydes is 1. The van der Waals surface area contributed by atoms with Crippen LogP contribution in [0.15, 0.2) is 54.6 Å². The van der Waals surface area contributed by atoms with E-state index in [4.69, 9.17) is 10.5 Å². The predicted octanol–water partition coefficient (Wildman–Crippen LogP) is 8.46. The van der Waals surface area contributed by atoms with Crippen LogP contribution in [0.25, 0.3) is 0 Å². The summed E-state index contributed by atoms with van der Waals surface area (Å²) in [6, 6.07) is 17.8. The summed E-state index contributed by atoms with van der Waals surface area (Å²) in [7, 11) is 1.54. The van der Waals surface area contributed by atoms with Crippen LogP contribution >= 0.6 is 0 Å². The third-order valence-corrected chi connectivity index (χ3v) is 4.50. The first-order valence-corrected chi connectivity index (χ1v) is 12.4. The Labute approximate surface area is 199 Å². The zero-order valence-electron chi connectivity index (χ0n) is 22.4. The average molecular weight is 446 g/mol. The van der Waals surface area contributed by atoms with Crippen LogP contribution in [-0.2, 0) is 5.41 Å². The molecular weight excluding hydrogens is 394 g/mol. The number of ether oxygens (including phenoxy) is 1. The Balaban J connectivity index is -0.000000427. The fraction of sp³-hybridized carbons (Fsp3) is 0.552. The maximum Gasteiger partial charge on any atom is 0.153 e. The molecule has 0 saturated carbocycles. The second-order valence-electron chi connectivity index (χ2n) is 6.92. The van der Waals surface area contributed by atoms with Crippen LogP contribution in [0.1, 0.15) is 103 Å². The van der Waals surface area contributed by atoms with Gasteiger partial charge in [-0.3, -0.25) is 4.79 Å². The number of carbonyl (C=O) groups excluding carboxylic acids is 1. The van der Waals surface area contributed by atoms with Crippen molar-refractivity contribution in [1.29, 1.82) is 0 Å². The molecule has 0 radical (unpaired) electrons. The van der Waals surface area contributed by atoms with Crippen molar-refractivity contribution < 1.29 is 9.53 Å². The van der Waals surface area contributed by atoms with Crippen LogP contribution in [-0.4, -0.2) is 19.9 Å². The summed E-state index contributed by atoms with van der Waals surface area (Å²) in [5.74, 6) is 0.623. The van der Waals surface area contributed by atoms with Crippen molar-refractivity contribution in [3.63, 3.8) is 0 Å². The van der Waals surface area contributed by atoms with E-state index in [1.54, 1.807) is 25.3 Å². The maximum absolute atomic E-state index is 10.3. The molecule has 0 amide bonds. The molecular formula is C29H51NO2. The lowest BCUT2D eigenvalue weighted by atomic mass is 9.73. The van der Waals surface area contributed by atoms with E-state index in [0.29, 0.717) is 11.3 Å². The van der Waals surface area contributed by atoms with Crippen LogP contribution < -0.4 is 10.5 Å². The molecule has 0 aromatic heterocycles. The van der Waals surface area contributed by atoms with E-state index in [1.807, 2.05) is 33.8 Å². The van der Waals surface area contributed by atoms with Gasteiger partial charge in [-0.05, 0) is 30.5 Å². The molecule has 0 spiro atoms. The highest BCUT2D eigenvalue weighted by Gasteiger charge is 2.28. The third kappa shape index (κ3) is 14.0. The smallest absolute Gasteiger partial charge is 0.153 e. The number of rotatable bonds is 8. The molecule has 0 aliphatic rings. The molecule has 2 aromatic carbocycles. The number of carbonyl (C=O) groups is 1. The SMILES string of the molecule is CC.CC.CCC.CCCC(CN)(CCC)c1ccccc1.COc1ccccc1C=O. The van der Waals surface area contributed by atoms with Gasteiger partial charge in [0.15, 0.2) is 6.29 Å². The minimum atomic E-state index is 0.213. The average Bonchev–Trinajstić information content (AvgIpc) is 2.87. The number of methoxy groups -OCH3 is 1. The number of hydrogen-bond donors (Lipinski definition) is 1. The number of nitrogens with two attached hydrogens (primary N) is 1. The lowest BCUT2D eigenvalue weighted by molar-refractivity contribution is 0.112. The summed E-state index contributed by atoms with van der Waals surface area (Å²) in [5, 5.41) is 0. The zero-order valence-corrected chi connectivity index (χ0v) is 22.4. The fourth-order valence-electron chi connectivity index (χ4n) is 3.25. The molecule has 3 nitrogen and oxygen atoms in total. The molecule has 0 heterocycles. The predicted molar refractivity (Wildman–Crippen MR) is 144 cm³/mol. The van der Waals surface area contributed by atoms with Gasteiger partial charge in [0.1, 0.15) is 5.75 Å². The third-order valence-electron chi connectivity index (χ3n) is 4.50. The summed E-state index contributed by atoms with van der Waals surface area (Å²) in [4.78, 5) is 10.3. The normalized spacial score (nSPS) is 9.19. The van der Waals surface area contributed by atoms with E-state index >= 15 is 0 Å². The Bertz CT molecular complexity index is 620. The standard InChI is InChI=1S/C14H23N.C8H8O2.C3H8.2C2H6/c1-3-10-14(12-15,11-4-2)13-8-6-5-7-9-13;1-10-8-5-3-2-4-7(8)6-9;1-3-2;2*1-2/h5-9H,3-4,10-12,15H2,1-2H3;2-6H,1H3;3H2,1-2H3;2*1-2H3. The van der Waals surface area contributed by atoms with Gasteiger partial charge in [-0.25, -0.2) is 0 Å². The molecule has 2 aromatic rings. The van der Waals surface area contributed by atoms with Gasteiger partial charge in [0.2, 0.25) is 0 Å². The first kappa shape index (κ1) is 34.5. The zero-order chi connectivity index (χ0) is 25.3. The second-order valence-corrected chi connectivity index (χ2v) is 6.92. The maximum atomic E-state index is 10.3. The van der Waals surface area contributed by atoms with Crippen LogP contribution in [0, 0.1) is 0 Å². The van der Waals surface area contributed by atoms with Crippen molar-refractivity contribution in [1.82, 2.24) is 0 Å². The van der Waals surface area contributed by atoms with Crippen molar-refractivity contribution in [3.8, 4) is 5.75 Å². The Kier molecular flexibility index (Phi) is 27.1. The molecule has 0 saturated heterocycles. The van der Waals surface area contributed by atoms with E-state index < -0.39 is 0 Å². The number of hydrogen-bond acceptors (Lipinski definition) is 3. The van der Waals surface area contributed by atoms with Crippen molar-refractivity contribution >= 4 is 6.29 Å². The van der Waals surface area contributed by atoms with Gasteiger partial charge in [-0.1, -0.05) is 117 Å². The Morgan fingerprint density at radius 3 is 1.59 bits per heavy atom. The molecule has 0 aliphatic carbocycles. The second kappa shape index (κ2) is 25.1. The van der Waals surface area contributed by atoms with Gasteiger partial charge < -0.3 is 10.5 Å². The molecule has 0 fully saturated rings. The monoisotopic (exact) mass is 445 g/mol. The van der Waals surface area contributed by atoms with E-state index in [0.717, 1.165) is 12.8 Å². The van der Waals surface area contributed by atoms with Crippen LogP contribution in [0.5, 0.6) is 5.75 Å². The molecule has 0 bridgehead atoms. The van der Waals surface area contributed by atoms with E-state index in [-0.39, 0.29) is 5.41 Å². The summed E-state index contributed by atoms with van der Waals surface area (Å²) in [6.45, 7) is 17.5. The van der Waals surface area contributed by atoms with Crippen molar-refractivity contribution in [2.75, 3.05) is 13.7 Å². The molecule has 2 N–H and O–H groups in total. The van der Waals surface area contributed by atoms with Gasteiger partial charge in [-0.15, -0.1) is 0 Å². The first-order valence-electron chi connectivity index (χ1n) is 12.4. The minimum Gasteiger partial charge on any atom is -0.496 e. The van der Waals surface area contributed by atoms with Crippen molar-refractivity contribution in [2.24, 2.45) is 5.73 Å².